The molecule has 3 aromatic carbocycles. The second kappa shape index (κ2) is 11.7. The third-order valence-corrected chi connectivity index (χ3v) is 5.41. The van der Waals surface area contributed by atoms with Crippen LogP contribution in [0.2, 0.25) is 0 Å². The number of benzene rings is 3. The normalized spacial score (nSPS) is 10.8. The monoisotopic (exact) mass is 515 g/mol. The molecule has 0 aliphatic rings. The second-order valence-corrected chi connectivity index (χ2v) is 8.00. The Labute approximate surface area is 218 Å². The second-order valence-electron chi connectivity index (χ2n) is 8.00. The van der Waals surface area contributed by atoms with Crippen molar-refractivity contribution in [2.45, 2.75) is 13.5 Å². The van der Waals surface area contributed by atoms with Gasteiger partial charge in [0.05, 0.1) is 25.4 Å². The van der Waals surface area contributed by atoms with E-state index in [9.17, 15) is 14.7 Å². The molecular weight excluding hydrogens is 490 g/mol. The van der Waals surface area contributed by atoms with Crippen molar-refractivity contribution < 1.29 is 33.6 Å². The number of aliphatic carboxylic acids is 1. The number of nitrogens with one attached hydrogen (secondary N) is 1. The predicted molar refractivity (Wildman–Crippen MR) is 141 cm³/mol. The number of nitrogens with zero attached hydrogens (tertiary/aromatic N) is 2. The van der Waals surface area contributed by atoms with Crippen LogP contribution in [0.15, 0.2) is 67.0 Å². The van der Waals surface area contributed by atoms with E-state index in [1.807, 2.05) is 30.3 Å². The fourth-order valence-corrected chi connectivity index (χ4v) is 3.68. The van der Waals surface area contributed by atoms with Gasteiger partial charge in [-0.15, -0.1) is 0 Å². The fraction of sp³-hybridized carbons (Fsp3) is 0.143. The van der Waals surface area contributed by atoms with Crippen LogP contribution in [0.5, 0.6) is 23.0 Å². The maximum atomic E-state index is 11.6. The minimum absolute atomic E-state index is 0.206. The summed E-state index contributed by atoms with van der Waals surface area (Å²) in [5.74, 6) is 0.171. The third kappa shape index (κ3) is 6.16. The molecule has 1 aromatic heterocycles. The zero-order chi connectivity index (χ0) is 27.1. The van der Waals surface area contributed by atoms with Crippen LogP contribution < -0.4 is 24.3 Å². The first-order valence-electron chi connectivity index (χ1n) is 11.5. The molecule has 4 rings (SSSR count). The van der Waals surface area contributed by atoms with Gasteiger partial charge in [-0.1, -0.05) is 30.3 Å². The molecule has 0 radical (unpaired) electrons. The minimum Gasteiger partial charge on any atom is -0.493 e. The summed E-state index contributed by atoms with van der Waals surface area (Å²) >= 11 is 0. The lowest BCUT2D eigenvalue weighted by Gasteiger charge is -2.17. The number of hydrogen-bond donors (Lipinski definition) is 2. The molecule has 0 aliphatic carbocycles. The molecule has 10 heteroatoms. The van der Waals surface area contributed by atoms with Gasteiger partial charge in [-0.3, -0.25) is 4.79 Å². The van der Waals surface area contributed by atoms with Crippen molar-refractivity contribution in [3.05, 3.63) is 78.1 Å². The van der Waals surface area contributed by atoms with Crippen molar-refractivity contribution in [2.24, 2.45) is 0 Å². The van der Waals surface area contributed by atoms with Gasteiger partial charge in [-0.05, 0) is 23.8 Å². The van der Waals surface area contributed by atoms with Crippen molar-refractivity contribution >= 4 is 40.4 Å². The molecule has 2 N–H and O–H groups in total. The standard InChI is InChI=1S/C28H25N3O7/c1-17(32)38-26-12-20-22(14-24(26)36-3)29-16-30-28(20)31-21-13-25(37-15-18-7-5-4-6-8-18)23(35-2)11-19(21)9-10-27(33)34/h4-14,16H,15H2,1-3H3,(H,33,34)(H,29,30,31)/b10-9+. The highest BCUT2D eigenvalue weighted by atomic mass is 16.6. The largest absolute Gasteiger partial charge is 0.493 e. The van der Waals surface area contributed by atoms with E-state index in [0.29, 0.717) is 51.8 Å². The van der Waals surface area contributed by atoms with E-state index in [1.165, 1.54) is 33.5 Å². The molecule has 194 valence electrons. The molecule has 0 amide bonds. The molecule has 0 saturated carbocycles. The summed E-state index contributed by atoms with van der Waals surface area (Å²) in [6.45, 7) is 1.59. The number of ether oxygens (including phenoxy) is 4. The van der Waals surface area contributed by atoms with Crippen molar-refractivity contribution in [3.63, 3.8) is 0 Å². The molecule has 38 heavy (non-hydrogen) atoms. The number of aromatic nitrogens is 2. The average Bonchev–Trinajstić information content (AvgIpc) is 2.91. The Hall–Kier alpha value is -5.12. The van der Waals surface area contributed by atoms with E-state index in [4.69, 9.17) is 18.9 Å². The van der Waals surface area contributed by atoms with Crippen molar-refractivity contribution in [1.82, 2.24) is 9.97 Å². The predicted octanol–water partition coefficient (Wildman–Crippen LogP) is 4.99. The van der Waals surface area contributed by atoms with Gasteiger partial charge in [-0.2, -0.15) is 0 Å². The molecular formula is C28H25N3O7. The highest BCUT2D eigenvalue weighted by Crippen LogP contribution is 2.38. The number of anilines is 2. The van der Waals surface area contributed by atoms with Crippen LogP contribution in [-0.2, 0) is 16.2 Å². The highest BCUT2D eigenvalue weighted by Gasteiger charge is 2.16. The van der Waals surface area contributed by atoms with Crippen LogP contribution in [0, 0.1) is 0 Å². The van der Waals surface area contributed by atoms with Gasteiger partial charge in [0.25, 0.3) is 0 Å². The van der Waals surface area contributed by atoms with Gasteiger partial charge in [0.2, 0.25) is 0 Å². The highest BCUT2D eigenvalue weighted by molar-refractivity contribution is 5.95. The van der Waals surface area contributed by atoms with Crippen molar-refractivity contribution in [3.8, 4) is 23.0 Å². The van der Waals surface area contributed by atoms with E-state index >= 15 is 0 Å². The average molecular weight is 516 g/mol. The molecule has 10 nitrogen and oxygen atoms in total. The Morgan fingerprint density at radius 1 is 0.947 bits per heavy atom. The minimum atomic E-state index is -1.11. The van der Waals surface area contributed by atoms with Crippen LogP contribution >= 0.6 is 0 Å². The van der Waals surface area contributed by atoms with Gasteiger partial charge < -0.3 is 29.4 Å². The number of carboxylic acids is 1. The lowest BCUT2D eigenvalue weighted by atomic mass is 10.1. The van der Waals surface area contributed by atoms with E-state index in [2.05, 4.69) is 15.3 Å². The van der Waals surface area contributed by atoms with Gasteiger partial charge in [0.1, 0.15) is 18.8 Å². The van der Waals surface area contributed by atoms with Crippen LogP contribution in [-0.4, -0.2) is 41.2 Å². The molecule has 0 fully saturated rings. The van der Waals surface area contributed by atoms with Gasteiger partial charge in [0.15, 0.2) is 23.0 Å². The van der Waals surface area contributed by atoms with Crippen LogP contribution in [0.3, 0.4) is 0 Å². The lowest BCUT2D eigenvalue weighted by Crippen LogP contribution is -2.04. The fourth-order valence-electron chi connectivity index (χ4n) is 3.68. The van der Waals surface area contributed by atoms with Crippen LogP contribution in [0.25, 0.3) is 17.0 Å². The van der Waals surface area contributed by atoms with Gasteiger partial charge in [-0.25, -0.2) is 14.8 Å². The lowest BCUT2D eigenvalue weighted by molar-refractivity contribution is -0.132. The van der Waals surface area contributed by atoms with E-state index in [1.54, 1.807) is 24.3 Å². The molecule has 0 spiro atoms. The Balaban J connectivity index is 1.79. The molecule has 4 aromatic rings. The summed E-state index contributed by atoms with van der Waals surface area (Å²) in [7, 11) is 2.97. The van der Waals surface area contributed by atoms with Gasteiger partial charge >= 0.3 is 11.9 Å². The molecule has 0 unspecified atom stereocenters. The maximum Gasteiger partial charge on any atom is 0.328 e. The Kier molecular flexibility index (Phi) is 8.02. The Morgan fingerprint density at radius 2 is 1.68 bits per heavy atom. The quantitative estimate of drug-likeness (QED) is 0.169. The smallest absolute Gasteiger partial charge is 0.328 e. The number of methoxy groups -OCH3 is 2. The first-order valence-corrected chi connectivity index (χ1v) is 11.5. The summed E-state index contributed by atoms with van der Waals surface area (Å²) < 4.78 is 22.2. The summed E-state index contributed by atoms with van der Waals surface area (Å²) in [5, 5.41) is 13.0. The third-order valence-electron chi connectivity index (χ3n) is 5.41. The zero-order valence-corrected chi connectivity index (χ0v) is 20.9. The van der Waals surface area contributed by atoms with E-state index in [-0.39, 0.29) is 5.75 Å². The molecule has 0 aliphatic heterocycles. The summed E-state index contributed by atoms with van der Waals surface area (Å²) in [6, 6.07) is 16.2. The number of carboxylic acid groups (broad SMARTS) is 1. The van der Waals surface area contributed by atoms with Crippen molar-refractivity contribution in [2.75, 3.05) is 19.5 Å². The molecule has 1 heterocycles. The van der Waals surface area contributed by atoms with E-state index < -0.39 is 11.9 Å². The summed E-state index contributed by atoms with van der Waals surface area (Å²) in [5.41, 5.74) is 2.51. The van der Waals surface area contributed by atoms with Crippen LogP contribution in [0.4, 0.5) is 11.5 Å². The number of carbonyl (C=O) groups is 2. The zero-order valence-electron chi connectivity index (χ0n) is 20.9. The molecule has 0 atom stereocenters. The topological polar surface area (TPSA) is 129 Å². The SMILES string of the molecule is COc1cc(/C=C/C(=O)O)c(Nc2ncnc3cc(OC)c(OC(C)=O)cc23)cc1OCc1ccccc1. The number of hydrogen-bond acceptors (Lipinski definition) is 9. The van der Waals surface area contributed by atoms with E-state index in [0.717, 1.165) is 11.6 Å². The first kappa shape index (κ1) is 26.0. The molecule has 0 bridgehead atoms. The summed E-state index contributed by atoms with van der Waals surface area (Å²) in [6.07, 6.45) is 3.83. The molecule has 0 saturated heterocycles. The number of rotatable bonds is 10. The number of carbonyl (C=O) groups excluding carboxylic acids is 1. The van der Waals surface area contributed by atoms with Gasteiger partial charge in [0, 0.05) is 36.1 Å². The Bertz CT molecular complexity index is 1500. The van der Waals surface area contributed by atoms with Crippen molar-refractivity contribution in [1.29, 1.82) is 0 Å². The number of fused-ring (bicyclic) bond motifs is 1. The summed E-state index contributed by atoms with van der Waals surface area (Å²) in [4.78, 5) is 31.5. The number of esters is 1. The maximum absolute atomic E-state index is 11.6. The Morgan fingerprint density at radius 3 is 2.37 bits per heavy atom. The van der Waals surface area contributed by atoms with Crippen LogP contribution in [0.1, 0.15) is 18.1 Å². The first-order chi connectivity index (χ1) is 18.4.